The van der Waals surface area contributed by atoms with E-state index in [1.807, 2.05) is 12.1 Å². The molecule has 5 rings (SSSR count). The third-order valence-electron chi connectivity index (χ3n) is 6.65. The zero-order chi connectivity index (χ0) is 26.6. The van der Waals surface area contributed by atoms with Crippen LogP contribution in [0.2, 0.25) is 5.02 Å². The number of pyridine rings is 1. The molecule has 7 nitrogen and oxygen atoms in total. The summed E-state index contributed by atoms with van der Waals surface area (Å²) < 4.78 is 26.9. The summed E-state index contributed by atoms with van der Waals surface area (Å²) in [4.78, 5) is 18.4. The average molecular weight is 535 g/mol. The Hall–Kier alpha value is -3.88. The predicted molar refractivity (Wildman–Crippen MR) is 147 cm³/mol. The van der Waals surface area contributed by atoms with Gasteiger partial charge in [0.25, 0.3) is 0 Å². The molecule has 3 heterocycles. The van der Waals surface area contributed by atoms with Crippen LogP contribution in [-0.4, -0.2) is 54.7 Å². The van der Waals surface area contributed by atoms with Crippen molar-refractivity contribution in [2.75, 3.05) is 38.6 Å². The molecule has 196 valence electrons. The van der Waals surface area contributed by atoms with E-state index in [1.165, 1.54) is 12.1 Å². The van der Waals surface area contributed by atoms with Gasteiger partial charge in [0, 0.05) is 54.2 Å². The van der Waals surface area contributed by atoms with E-state index in [1.54, 1.807) is 36.5 Å². The summed E-state index contributed by atoms with van der Waals surface area (Å²) in [7, 11) is 0. The molecule has 1 unspecified atom stereocenters. The SMILES string of the molecule is C=C(c1ccc(-c2ccc(Cl)c3c2CC(CNC(=O)/C=C/c2ccc(N)nc2)O3)c(F)c1)N1CCOCC1. The second kappa shape index (κ2) is 11.2. The monoisotopic (exact) mass is 534 g/mol. The van der Waals surface area contributed by atoms with Gasteiger partial charge in [-0.15, -0.1) is 0 Å². The van der Waals surface area contributed by atoms with Gasteiger partial charge < -0.3 is 25.4 Å². The first-order chi connectivity index (χ1) is 18.4. The number of nitrogens with zero attached hydrogens (tertiary/aromatic N) is 2. The van der Waals surface area contributed by atoms with Gasteiger partial charge in [-0.2, -0.15) is 0 Å². The van der Waals surface area contributed by atoms with E-state index in [0.717, 1.165) is 41.0 Å². The summed E-state index contributed by atoms with van der Waals surface area (Å²) >= 11 is 6.42. The fourth-order valence-electron chi connectivity index (χ4n) is 4.62. The van der Waals surface area contributed by atoms with E-state index in [-0.39, 0.29) is 24.4 Å². The van der Waals surface area contributed by atoms with Gasteiger partial charge in [0.05, 0.1) is 24.8 Å². The Labute approximate surface area is 225 Å². The van der Waals surface area contributed by atoms with Gasteiger partial charge in [-0.25, -0.2) is 9.37 Å². The molecule has 1 atom stereocenters. The molecule has 3 aromatic rings. The number of nitrogen functional groups attached to an aromatic ring is 1. The van der Waals surface area contributed by atoms with Crippen LogP contribution < -0.4 is 15.8 Å². The quantitative estimate of drug-likeness (QED) is 0.432. The Balaban J connectivity index is 1.27. The first-order valence-electron chi connectivity index (χ1n) is 12.4. The van der Waals surface area contributed by atoms with Crippen molar-refractivity contribution < 1.29 is 18.7 Å². The van der Waals surface area contributed by atoms with Crippen molar-refractivity contribution in [3.63, 3.8) is 0 Å². The number of morpholine rings is 1. The molecular formula is C29H28ClFN4O3. The van der Waals surface area contributed by atoms with Crippen molar-refractivity contribution >= 4 is 35.1 Å². The highest BCUT2D eigenvalue weighted by molar-refractivity contribution is 6.32. The summed E-state index contributed by atoms with van der Waals surface area (Å²) in [5.41, 5.74) is 9.85. The normalized spacial score (nSPS) is 16.8. The van der Waals surface area contributed by atoms with Gasteiger partial charge in [-0.3, -0.25) is 4.79 Å². The number of fused-ring (bicyclic) bond motifs is 1. The fourth-order valence-corrected chi connectivity index (χ4v) is 4.84. The summed E-state index contributed by atoms with van der Waals surface area (Å²) in [5.74, 6) is 0.320. The van der Waals surface area contributed by atoms with Crippen LogP contribution in [0.4, 0.5) is 10.2 Å². The minimum absolute atomic E-state index is 0.269. The third kappa shape index (κ3) is 5.66. The zero-order valence-corrected chi connectivity index (χ0v) is 21.5. The van der Waals surface area contributed by atoms with Gasteiger partial charge in [0.2, 0.25) is 5.91 Å². The smallest absolute Gasteiger partial charge is 0.244 e. The topological polar surface area (TPSA) is 89.7 Å². The van der Waals surface area contributed by atoms with Crippen LogP contribution in [0.1, 0.15) is 16.7 Å². The van der Waals surface area contributed by atoms with E-state index in [9.17, 15) is 4.79 Å². The lowest BCUT2D eigenvalue weighted by Gasteiger charge is -2.30. The summed E-state index contributed by atoms with van der Waals surface area (Å²) in [5, 5.41) is 3.30. The number of halogens is 2. The highest BCUT2D eigenvalue weighted by Crippen LogP contribution is 2.42. The Kier molecular flexibility index (Phi) is 7.62. The molecule has 2 aliphatic heterocycles. The van der Waals surface area contributed by atoms with Gasteiger partial charge in [0.1, 0.15) is 23.5 Å². The number of anilines is 1. The Morgan fingerprint density at radius 1 is 1.21 bits per heavy atom. The molecule has 0 spiro atoms. The number of aromatic nitrogens is 1. The number of hydrogen-bond donors (Lipinski definition) is 2. The van der Waals surface area contributed by atoms with Gasteiger partial charge >= 0.3 is 0 Å². The summed E-state index contributed by atoms with van der Waals surface area (Å²) in [6.45, 7) is 7.16. The number of benzene rings is 2. The lowest BCUT2D eigenvalue weighted by molar-refractivity contribution is -0.116. The van der Waals surface area contributed by atoms with Crippen LogP contribution in [0.3, 0.4) is 0 Å². The molecular weight excluding hydrogens is 507 g/mol. The highest BCUT2D eigenvalue weighted by atomic mass is 35.5. The number of rotatable bonds is 7. The van der Waals surface area contributed by atoms with E-state index in [0.29, 0.717) is 41.8 Å². The molecule has 2 aliphatic rings. The van der Waals surface area contributed by atoms with Crippen molar-refractivity contribution in [1.29, 1.82) is 0 Å². The number of carbonyl (C=O) groups is 1. The number of carbonyl (C=O) groups excluding carboxylic acids is 1. The summed E-state index contributed by atoms with van der Waals surface area (Å²) in [6, 6.07) is 12.1. The molecule has 9 heteroatoms. The van der Waals surface area contributed by atoms with Gasteiger partial charge in [-0.05, 0) is 41.5 Å². The lowest BCUT2D eigenvalue weighted by atomic mass is 9.95. The summed E-state index contributed by atoms with van der Waals surface area (Å²) in [6.07, 6.45) is 4.82. The van der Waals surface area contributed by atoms with Crippen LogP contribution in [0.25, 0.3) is 22.9 Å². The molecule has 38 heavy (non-hydrogen) atoms. The van der Waals surface area contributed by atoms with E-state index < -0.39 is 0 Å². The molecule has 0 aliphatic carbocycles. The number of nitrogens with two attached hydrogens (primary N) is 1. The molecule has 3 N–H and O–H groups in total. The maximum atomic E-state index is 15.4. The largest absolute Gasteiger partial charge is 0.486 e. The second-order valence-electron chi connectivity index (χ2n) is 9.18. The average Bonchev–Trinajstić information content (AvgIpc) is 3.37. The lowest BCUT2D eigenvalue weighted by Crippen LogP contribution is -2.34. The maximum absolute atomic E-state index is 15.4. The van der Waals surface area contributed by atoms with Crippen molar-refractivity contribution in [3.8, 4) is 16.9 Å². The highest BCUT2D eigenvalue weighted by Gasteiger charge is 2.29. The second-order valence-corrected chi connectivity index (χ2v) is 9.59. The van der Waals surface area contributed by atoms with Crippen molar-refractivity contribution in [2.24, 2.45) is 0 Å². The molecule has 1 amide bonds. The molecule has 1 saturated heterocycles. The maximum Gasteiger partial charge on any atom is 0.244 e. The third-order valence-corrected chi connectivity index (χ3v) is 6.95. The van der Waals surface area contributed by atoms with Crippen LogP contribution in [0, 0.1) is 5.82 Å². The van der Waals surface area contributed by atoms with Gasteiger partial charge in [-0.1, -0.05) is 36.4 Å². The van der Waals surface area contributed by atoms with Crippen molar-refractivity contribution in [1.82, 2.24) is 15.2 Å². The van der Waals surface area contributed by atoms with Crippen LogP contribution >= 0.6 is 11.6 Å². The molecule has 0 bridgehead atoms. The van der Waals surface area contributed by atoms with Gasteiger partial charge in [0.15, 0.2) is 0 Å². The number of ether oxygens (including phenoxy) is 2. The minimum Gasteiger partial charge on any atom is -0.486 e. The number of hydrogen-bond acceptors (Lipinski definition) is 6. The van der Waals surface area contributed by atoms with Crippen molar-refractivity contribution in [3.05, 3.63) is 88.8 Å². The molecule has 2 aromatic carbocycles. The zero-order valence-electron chi connectivity index (χ0n) is 20.8. The standard InChI is InChI=1S/C29H28ClFN4O3/c1-18(35-10-12-37-13-11-35)20-4-5-23(26(31)14-20)22-6-7-25(30)29-24(22)15-21(38-29)17-34-28(36)9-3-19-2-8-27(32)33-16-19/h2-9,14,16,21H,1,10-13,15,17H2,(H2,32,33)(H,34,36)/b9-3+. The van der Waals surface area contributed by atoms with Crippen molar-refractivity contribution in [2.45, 2.75) is 12.5 Å². The molecule has 0 saturated carbocycles. The Bertz CT molecular complexity index is 1390. The number of amides is 1. The van der Waals surface area contributed by atoms with Crippen LogP contribution in [0.15, 0.2) is 61.3 Å². The van der Waals surface area contributed by atoms with Crippen LogP contribution in [0.5, 0.6) is 5.75 Å². The minimum atomic E-state index is -0.347. The number of nitrogens with one attached hydrogen (secondary N) is 1. The Morgan fingerprint density at radius 3 is 2.74 bits per heavy atom. The molecule has 0 radical (unpaired) electrons. The Morgan fingerprint density at radius 2 is 2.00 bits per heavy atom. The first kappa shape index (κ1) is 25.8. The molecule has 1 fully saturated rings. The first-order valence-corrected chi connectivity index (χ1v) is 12.7. The predicted octanol–water partition coefficient (Wildman–Crippen LogP) is 4.56. The molecule has 1 aromatic heterocycles. The van der Waals surface area contributed by atoms with E-state index in [4.69, 9.17) is 26.8 Å². The van der Waals surface area contributed by atoms with Crippen LogP contribution in [-0.2, 0) is 16.0 Å². The van der Waals surface area contributed by atoms with E-state index >= 15 is 4.39 Å². The fraction of sp³-hybridized carbons (Fsp3) is 0.241. The van der Waals surface area contributed by atoms with E-state index in [2.05, 4.69) is 21.8 Å².